The van der Waals surface area contributed by atoms with Crippen LogP contribution in [0, 0.1) is 0 Å². The van der Waals surface area contributed by atoms with Crippen molar-refractivity contribution in [2.24, 2.45) is 0 Å². The fourth-order valence-electron chi connectivity index (χ4n) is 3.81. The lowest BCUT2D eigenvalue weighted by Crippen LogP contribution is -2.53. The molecule has 136 valence electrons. The predicted octanol–water partition coefficient (Wildman–Crippen LogP) is 2.89. The number of rotatable bonds is 3. The van der Waals surface area contributed by atoms with Crippen LogP contribution in [0.15, 0.2) is 54.6 Å². The number of ether oxygens (including phenoxy) is 1. The van der Waals surface area contributed by atoms with Crippen molar-refractivity contribution in [2.45, 2.75) is 13.0 Å². The molecule has 2 aromatic carbocycles. The average molecular weight is 351 g/mol. The Morgan fingerprint density at radius 3 is 2.27 bits per heavy atom. The maximum atomic E-state index is 13.2. The second-order valence-electron chi connectivity index (χ2n) is 6.79. The third-order valence-corrected chi connectivity index (χ3v) is 5.30. The van der Waals surface area contributed by atoms with E-state index in [1.807, 2.05) is 36.1 Å². The average Bonchev–Trinajstić information content (AvgIpc) is 2.73. The van der Waals surface area contributed by atoms with E-state index in [0.29, 0.717) is 19.8 Å². The molecule has 5 heteroatoms. The molecule has 4 rings (SSSR count). The van der Waals surface area contributed by atoms with Gasteiger partial charge in [0, 0.05) is 31.9 Å². The Hall–Kier alpha value is -2.37. The van der Waals surface area contributed by atoms with Crippen molar-refractivity contribution in [3.05, 3.63) is 54.6 Å². The van der Waals surface area contributed by atoms with Crippen molar-refractivity contribution >= 4 is 23.0 Å². The molecule has 1 saturated heterocycles. The van der Waals surface area contributed by atoms with E-state index in [2.05, 4.69) is 40.1 Å². The molecule has 1 atom stereocenters. The number of nitrogens with zero attached hydrogens (tertiary/aromatic N) is 3. The van der Waals surface area contributed by atoms with E-state index in [-0.39, 0.29) is 11.9 Å². The van der Waals surface area contributed by atoms with Crippen molar-refractivity contribution in [3.63, 3.8) is 0 Å². The third kappa shape index (κ3) is 3.20. The molecule has 26 heavy (non-hydrogen) atoms. The molecule has 0 bridgehead atoms. The summed E-state index contributed by atoms with van der Waals surface area (Å²) in [4.78, 5) is 19.7. The molecule has 0 radical (unpaired) electrons. The summed E-state index contributed by atoms with van der Waals surface area (Å²) in [6.45, 7) is 6.55. The van der Waals surface area contributed by atoms with Crippen LogP contribution in [-0.2, 0) is 9.53 Å². The van der Waals surface area contributed by atoms with Crippen LogP contribution in [0.4, 0.5) is 17.1 Å². The minimum Gasteiger partial charge on any atom is -0.379 e. The number of anilines is 3. The molecule has 0 saturated carbocycles. The van der Waals surface area contributed by atoms with E-state index >= 15 is 0 Å². The number of para-hydroxylation sites is 3. The van der Waals surface area contributed by atoms with Gasteiger partial charge in [0.15, 0.2) is 0 Å². The summed E-state index contributed by atoms with van der Waals surface area (Å²) in [7, 11) is 0. The lowest BCUT2D eigenvalue weighted by atomic mass is 10.1. The van der Waals surface area contributed by atoms with Gasteiger partial charge >= 0.3 is 0 Å². The Balaban J connectivity index is 1.61. The van der Waals surface area contributed by atoms with Crippen LogP contribution in [0.1, 0.15) is 6.92 Å². The molecule has 2 aliphatic heterocycles. The Morgan fingerprint density at radius 1 is 0.885 bits per heavy atom. The van der Waals surface area contributed by atoms with E-state index in [9.17, 15) is 4.79 Å². The predicted molar refractivity (Wildman–Crippen MR) is 104 cm³/mol. The molecule has 0 aliphatic carbocycles. The summed E-state index contributed by atoms with van der Waals surface area (Å²) < 4.78 is 5.42. The fourth-order valence-corrected chi connectivity index (χ4v) is 3.81. The van der Waals surface area contributed by atoms with E-state index in [1.165, 1.54) is 0 Å². The van der Waals surface area contributed by atoms with Gasteiger partial charge < -0.3 is 14.5 Å². The van der Waals surface area contributed by atoms with Gasteiger partial charge in [0.2, 0.25) is 5.91 Å². The van der Waals surface area contributed by atoms with Crippen LogP contribution in [0.3, 0.4) is 0 Å². The first-order chi connectivity index (χ1) is 12.8. The topological polar surface area (TPSA) is 36.0 Å². The largest absolute Gasteiger partial charge is 0.379 e. The van der Waals surface area contributed by atoms with Gasteiger partial charge in [0.05, 0.1) is 30.6 Å². The summed E-state index contributed by atoms with van der Waals surface area (Å²) >= 11 is 0. The fraction of sp³-hybridized carbons (Fsp3) is 0.381. The molecular weight excluding hydrogens is 326 g/mol. The number of carbonyl (C=O) groups is 1. The quantitative estimate of drug-likeness (QED) is 0.852. The van der Waals surface area contributed by atoms with Gasteiger partial charge in [-0.1, -0.05) is 30.3 Å². The molecule has 5 nitrogen and oxygen atoms in total. The van der Waals surface area contributed by atoms with Crippen LogP contribution in [0.5, 0.6) is 0 Å². The molecule has 1 unspecified atom stereocenters. The van der Waals surface area contributed by atoms with Gasteiger partial charge in [-0.15, -0.1) is 0 Å². The standard InChI is InChI=1S/C21H25N3O2/c1-17(22-13-15-26-16-14-22)21(25)24-12-11-23(18-7-3-2-4-8-18)19-9-5-6-10-20(19)24/h2-10,17H,11-16H2,1H3. The Labute approximate surface area is 154 Å². The molecule has 0 aromatic heterocycles. The van der Waals surface area contributed by atoms with Crippen molar-refractivity contribution in [1.82, 2.24) is 4.90 Å². The third-order valence-electron chi connectivity index (χ3n) is 5.30. The minimum absolute atomic E-state index is 0.129. The zero-order chi connectivity index (χ0) is 17.9. The Kier molecular flexibility index (Phi) is 4.91. The van der Waals surface area contributed by atoms with Gasteiger partial charge in [0.1, 0.15) is 0 Å². The second kappa shape index (κ2) is 7.48. The molecule has 2 heterocycles. The first-order valence-electron chi connectivity index (χ1n) is 9.30. The summed E-state index contributed by atoms with van der Waals surface area (Å²) in [5, 5.41) is 0. The van der Waals surface area contributed by atoms with E-state index in [1.54, 1.807) is 0 Å². The van der Waals surface area contributed by atoms with Crippen molar-refractivity contribution in [3.8, 4) is 0 Å². The molecule has 0 spiro atoms. The molecule has 0 N–H and O–H groups in total. The maximum Gasteiger partial charge on any atom is 0.244 e. The SMILES string of the molecule is CC(C(=O)N1CCN(c2ccccc2)c2ccccc21)N1CCOCC1. The summed E-state index contributed by atoms with van der Waals surface area (Å²) in [5.74, 6) is 0.173. The highest BCUT2D eigenvalue weighted by Crippen LogP contribution is 2.37. The number of amides is 1. The van der Waals surface area contributed by atoms with Crippen molar-refractivity contribution in [1.29, 1.82) is 0 Å². The highest BCUT2D eigenvalue weighted by Gasteiger charge is 2.32. The number of fused-ring (bicyclic) bond motifs is 1. The zero-order valence-corrected chi connectivity index (χ0v) is 15.2. The van der Waals surface area contributed by atoms with E-state index in [0.717, 1.165) is 36.7 Å². The first-order valence-corrected chi connectivity index (χ1v) is 9.30. The number of carbonyl (C=O) groups excluding carboxylic acids is 1. The molecular formula is C21H25N3O2. The van der Waals surface area contributed by atoms with Gasteiger partial charge in [0.25, 0.3) is 0 Å². The van der Waals surface area contributed by atoms with Crippen LogP contribution < -0.4 is 9.80 Å². The highest BCUT2D eigenvalue weighted by atomic mass is 16.5. The van der Waals surface area contributed by atoms with Crippen molar-refractivity contribution < 1.29 is 9.53 Å². The number of hydrogen-bond donors (Lipinski definition) is 0. The van der Waals surface area contributed by atoms with Gasteiger partial charge in [-0.05, 0) is 31.2 Å². The minimum atomic E-state index is -0.129. The lowest BCUT2D eigenvalue weighted by molar-refractivity contribution is -0.124. The Morgan fingerprint density at radius 2 is 1.54 bits per heavy atom. The van der Waals surface area contributed by atoms with Crippen LogP contribution in [0.2, 0.25) is 0 Å². The van der Waals surface area contributed by atoms with Crippen LogP contribution >= 0.6 is 0 Å². The summed E-state index contributed by atoms with van der Waals surface area (Å²) in [6, 6.07) is 18.4. The molecule has 1 fully saturated rings. The molecule has 2 aromatic rings. The second-order valence-corrected chi connectivity index (χ2v) is 6.79. The van der Waals surface area contributed by atoms with Gasteiger partial charge in [-0.25, -0.2) is 0 Å². The number of morpholine rings is 1. The lowest BCUT2D eigenvalue weighted by Gasteiger charge is -2.40. The molecule has 1 amide bonds. The van der Waals surface area contributed by atoms with E-state index in [4.69, 9.17) is 4.74 Å². The Bertz CT molecular complexity index is 759. The monoisotopic (exact) mass is 351 g/mol. The van der Waals surface area contributed by atoms with Crippen LogP contribution in [-0.4, -0.2) is 56.2 Å². The van der Waals surface area contributed by atoms with Gasteiger partial charge in [-0.3, -0.25) is 9.69 Å². The molecule has 2 aliphatic rings. The van der Waals surface area contributed by atoms with E-state index < -0.39 is 0 Å². The maximum absolute atomic E-state index is 13.2. The smallest absolute Gasteiger partial charge is 0.244 e. The van der Waals surface area contributed by atoms with Gasteiger partial charge in [-0.2, -0.15) is 0 Å². The number of hydrogen-bond acceptors (Lipinski definition) is 4. The van der Waals surface area contributed by atoms with Crippen molar-refractivity contribution in [2.75, 3.05) is 49.2 Å². The number of benzene rings is 2. The summed E-state index contributed by atoms with van der Waals surface area (Å²) in [5.41, 5.74) is 3.24. The summed E-state index contributed by atoms with van der Waals surface area (Å²) in [6.07, 6.45) is 0. The highest BCUT2D eigenvalue weighted by molar-refractivity contribution is 6.01. The normalized spacial score (nSPS) is 19.1. The zero-order valence-electron chi connectivity index (χ0n) is 15.2. The van der Waals surface area contributed by atoms with Crippen LogP contribution in [0.25, 0.3) is 0 Å². The first kappa shape index (κ1) is 17.1.